The Kier molecular flexibility index (Phi) is 6.54. The fourth-order valence-electron chi connectivity index (χ4n) is 3.36. The van der Waals surface area contributed by atoms with Crippen molar-refractivity contribution >= 4 is 17.5 Å². The highest BCUT2D eigenvalue weighted by atomic mass is 16.6. The average Bonchev–Trinajstić information content (AvgIpc) is 2.71. The maximum atomic E-state index is 11.3. The van der Waals surface area contributed by atoms with Crippen LogP contribution in [-0.2, 0) is 6.54 Å². The van der Waals surface area contributed by atoms with Crippen molar-refractivity contribution in [3.63, 3.8) is 0 Å². The Labute approximate surface area is 158 Å². The van der Waals surface area contributed by atoms with Gasteiger partial charge in [0.15, 0.2) is 0 Å². The third-order valence-corrected chi connectivity index (χ3v) is 5.05. The first-order valence-corrected chi connectivity index (χ1v) is 9.30. The van der Waals surface area contributed by atoms with Crippen molar-refractivity contribution < 1.29 is 4.92 Å². The first-order chi connectivity index (χ1) is 13.2. The van der Waals surface area contributed by atoms with Gasteiger partial charge in [0.1, 0.15) is 6.20 Å². The molecule has 0 saturated heterocycles. The summed E-state index contributed by atoms with van der Waals surface area (Å²) in [6, 6.07) is 10.6. The second-order valence-electron chi connectivity index (χ2n) is 6.95. The number of hydrogen-bond donors (Lipinski definition) is 3. The highest BCUT2D eigenvalue weighted by molar-refractivity contribution is 5.57. The van der Waals surface area contributed by atoms with E-state index in [9.17, 15) is 10.1 Å². The van der Waals surface area contributed by atoms with E-state index in [1.807, 2.05) is 24.3 Å². The van der Waals surface area contributed by atoms with Gasteiger partial charge in [0, 0.05) is 13.1 Å². The second kappa shape index (κ2) is 9.27. The largest absolute Gasteiger partial charge is 0.364 e. The molecule has 4 N–H and O–H groups in total. The first-order valence-electron chi connectivity index (χ1n) is 9.30. The molecule has 27 heavy (non-hydrogen) atoms. The molecule has 0 amide bonds. The number of benzene rings is 1. The molecule has 8 heteroatoms. The SMILES string of the molecule is NCC1CCC(CNc2nc(NCc3c[c]ccc3)ncc2[N+](=O)[O-])CC1. The Morgan fingerprint density at radius 3 is 2.70 bits per heavy atom. The summed E-state index contributed by atoms with van der Waals surface area (Å²) in [4.78, 5) is 19.2. The van der Waals surface area contributed by atoms with Crippen LogP contribution in [0.5, 0.6) is 0 Å². The molecule has 3 rings (SSSR count). The number of aromatic nitrogens is 2. The molecule has 1 fully saturated rings. The van der Waals surface area contributed by atoms with Crippen molar-refractivity contribution in [1.82, 2.24) is 9.97 Å². The summed E-state index contributed by atoms with van der Waals surface area (Å²) in [6.45, 7) is 1.94. The van der Waals surface area contributed by atoms with Crippen LogP contribution < -0.4 is 16.4 Å². The Bertz CT molecular complexity index is 747. The van der Waals surface area contributed by atoms with Gasteiger partial charge in [-0.05, 0) is 61.8 Å². The average molecular weight is 369 g/mol. The zero-order valence-corrected chi connectivity index (χ0v) is 15.2. The highest BCUT2D eigenvalue weighted by Gasteiger charge is 2.22. The van der Waals surface area contributed by atoms with Crippen molar-refractivity contribution in [1.29, 1.82) is 0 Å². The fraction of sp³-hybridized carbons (Fsp3) is 0.474. The minimum Gasteiger partial charge on any atom is -0.364 e. The van der Waals surface area contributed by atoms with Gasteiger partial charge in [0.25, 0.3) is 0 Å². The van der Waals surface area contributed by atoms with Gasteiger partial charge in [-0.15, -0.1) is 0 Å². The van der Waals surface area contributed by atoms with Gasteiger partial charge in [-0.25, -0.2) is 4.98 Å². The molecule has 1 aliphatic carbocycles. The number of rotatable bonds is 8. The summed E-state index contributed by atoms with van der Waals surface area (Å²) in [7, 11) is 0. The third kappa shape index (κ3) is 5.37. The highest BCUT2D eigenvalue weighted by Crippen LogP contribution is 2.29. The zero-order valence-electron chi connectivity index (χ0n) is 15.2. The summed E-state index contributed by atoms with van der Waals surface area (Å²) in [5.41, 5.74) is 6.66. The van der Waals surface area contributed by atoms with Crippen LogP contribution in [0.2, 0.25) is 0 Å². The van der Waals surface area contributed by atoms with Crippen molar-refractivity contribution in [2.75, 3.05) is 23.7 Å². The number of nitrogens with two attached hydrogens (primary N) is 1. The van der Waals surface area contributed by atoms with Gasteiger partial charge in [0.05, 0.1) is 4.92 Å². The van der Waals surface area contributed by atoms with Crippen LogP contribution in [0.3, 0.4) is 0 Å². The Morgan fingerprint density at radius 2 is 2.04 bits per heavy atom. The summed E-state index contributed by atoms with van der Waals surface area (Å²) >= 11 is 0. The molecule has 2 aromatic rings. The van der Waals surface area contributed by atoms with E-state index in [1.165, 1.54) is 6.20 Å². The smallest absolute Gasteiger partial charge is 0.329 e. The molecule has 0 unspecified atom stereocenters. The molecular weight excluding hydrogens is 344 g/mol. The van der Waals surface area contributed by atoms with E-state index in [1.54, 1.807) is 0 Å². The maximum Gasteiger partial charge on any atom is 0.329 e. The molecular formula is C19H25N6O2. The molecule has 0 bridgehead atoms. The van der Waals surface area contributed by atoms with Gasteiger partial charge < -0.3 is 16.4 Å². The predicted octanol–water partition coefficient (Wildman–Crippen LogP) is 2.97. The summed E-state index contributed by atoms with van der Waals surface area (Å²) < 4.78 is 0. The van der Waals surface area contributed by atoms with E-state index in [2.05, 4.69) is 26.7 Å². The van der Waals surface area contributed by atoms with E-state index in [4.69, 9.17) is 5.73 Å². The molecule has 143 valence electrons. The molecule has 8 nitrogen and oxygen atoms in total. The first kappa shape index (κ1) is 19.0. The molecule has 0 atom stereocenters. The minimum atomic E-state index is -0.455. The Hall–Kier alpha value is -2.74. The quantitative estimate of drug-likeness (QED) is 0.483. The van der Waals surface area contributed by atoms with Gasteiger partial charge in [-0.3, -0.25) is 10.1 Å². The fourth-order valence-corrected chi connectivity index (χ4v) is 3.36. The lowest BCUT2D eigenvalue weighted by Gasteiger charge is -2.27. The zero-order chi connectivity index (χ0) is 19.1. The lowest BCUT2D eigenvalue weighted by Crippen LogP contribution is -2.25. The van der Waals surface area contributed by atoms with Crippen molar-refractivity contribution in [3.8, 4) is 0 Å². The predicted molar refractivity (Wildman–Crippen MR) is 104 cm³/mol. The van der Waals surface area contributed by atoms with Crippen LogP contribution in [0, 0.1) is 28.0 Å². The van der Waals surface area contributed by atoms with E-state index in [0.29, 0.717) is 30.9 Å². The van der Waals surface area contributed by atoms with Gasteiger partial charge in [0.2, 0.25) is 11.8 Å². The lowest BCUT2D eigenvalue weighted by molar-refractivity contribution is -0.384. The molecule has 1 aliphatic rings. The summed E-state index contributed by atoms with van der Waals surface area (Å²) in [5, 5.41) is 17.6. The monoisotopic (exact) mass is 369 g/mol. The van der Waals surface area contributed by atoms with E-state index >= 15 is 0 Å². The molecule has 1 saturated carbocycles. The molecule has 1 aromatic heterocycles. The number of anilines is 2. The number of hydrogen-bond acceptors (Lipinski definition) is 7. The summed E-state index contributed by atoms with van der Waals surface area (Å²) in [5.74, 6) is 1.72. The number of nitrogens with zero attached hydrogens (tertiary/aromatic N) is 3. The van der Waals surface area contributed by atoms with Crippen LogP contribution >= 0.6 is 0 Å². The van der Waals surface area contributed by atoms with Crippen molar-refractivity contribution in [3.05, 3.63) is 52.2 Å². The molecule has 1 radical (unpaired) electrons. The van der Waals surface area contributed by atoms with E-state index in [0.717, 1.165) is 37.8 Å². The van der Waals surface area contributed by atoms with Gasteiger partial charge >= 0.3 is 5.69 Å². The van der Waals surface area contributed by atoms with Gasteiger partial charge in [-0.1, -0.05) is 18.2 Å². The molecule has 0 spiro atoms. The van der Waals surface area contributed by atoms with Crippen LogP contribution in [-0.4, -0.2) is 28.0 Å². The molecule has 1 aromatic carbocycles. The van der Waals surface area contributed by atoms with Gasteiger partial charge in [-0.2, -0.15) is 4.98 Å². The Morgan fingerprint density at radius 1 is 1.26 bits per heavy atom. The topological polar surface area (TPSA) is 119 Å². The standard InChI is InChI=1S/C19H25N6O2/c20-10-14-6-8-16(9-7-14)11-21-18-17(25(26)27)13-23-19(24-18)22-12-15-4-2-1-3-5-15/h1-2,4-5,13-14,16H,6-12,20H2,(H2,21,22,23,24). The van der Waals surface area contributed by atoms with Crippen molar-refractivity contribution in [2.24, 2.45) is 17.6 Å². The van der Waals surface area contributed by atoms with E-state index < -0.39 is 4.92 Å². The van der Waals surface area contributed by atoms with E-state index in [-0.39, 0.29) is 11.5 Å². The van der Waals surface area contributed by atoms with Crippen LogP contribution in [0.4, 0.5) is 17.5 Å². The third-order valence-electron chi connectivity index (χ3n) is 5.05. The summed E-state index contributed by atoms with van der Waals surface area (Å²) in [6.07, 6.45) is 5.66. The minimum absolute atomic E-state index is 0.107. The van der Waals surface area contributed by atoms with Crippen molar-refractivity contribution in [2.45, 2.75) is 32.2 Å². The van der Waals surface area contributed by atoms with Crippen LogP contribution in [0.25, 0.3) is 0 Å². The van der Waals surface area contributed by atoms with Crippen LogP contribution in [0.1, 0.15) is 31.2 Å². The van der Waals surface area contributed by atoms with Crippen LogP contribution in [0.15, 0.2) is 30.5 Å². The second-order valence-corrected chi connectivity index (χ2v) is 6.95. The normalized spacial score (nSPS) is 19.4. The molecule has 0 aliphatic heterocycles. The maximum absolute atomic E-state index is 11.3. The molecule has 1 heterocycles. The Balaban J connectivity index is 1.62. The number of nitrogens with one attached hydrogen (secondary N) is 2. The lowest BCUT2D eigenvalue weighted by atomic mass is 9.82. The number of nitro groups is 1.